The summed E-state index contributed by atoms with van der Waals surface area (Å²) in [5.74, 6) is 1.11. The molecule has 1 aliphatic rings. The van der Waals surface area contributed by atoms with Gasteiger partial charge < -0.3 is 24.3 Å². The third-order valence-electron chi connectivity index (χ3n) is 5.22. The van der Waals surface area contributed by atoms with E-state index in [1.807, 2.05) is 41.2 Å². The maximum absolute atomic E-state index is 12.8. The van der Waals surface area contributed by atoms with E-state index in [0.29, 0.717) is 29.5 Å². The highest BCUT2D eigenvalue weighted by Crippen LogP contribution is 2.30. The van der Waals surface area contributed by atoms with Crippen molar-refractivity contribution in [3.8, 4) is 11.4 Å². The minimum absolute atomic E-state index is 0.195. The molecule has 1 N–H and O–H groups in total. The molecule has 1 aliphatic heterocycles. The molecule has 1 saturated heterocycles. The molecule has 162 valence electrons. The highest BCUT2D eigenvalue weighted by atomic mass is 35.5. The van der Waals surface area contributed by atoms with Crippen LogP contribution in [0.15, 0.2) is 55.0 Å². The molecule has 8 heteroatoms. The number of hydrogen-bond donors (Lipinski definition) is 1. The zero-order valence-corrected chi connectivity index (χ0v) is 18.3. The van der Waals surface area contributed by atoms with E-state index >= 15 is 0 Å². The molecule has 1 unspecified atom stereocenters. The molecule has 0 aliphatic carbocycles. The van der Waals surface area contributed by atoms with Gasteiger partial charge in [0.15, 0.2) is 0 Å². The molecule has 0 radical (unpaired) electrons. The summed E-state index contributed by atoms with van der Waals surface area (Å²) in [4.78, 5) is 19.5. The Hall–Kier alpha value is -3.03. The number of nitrogens with one attached hydrogen (secondary N) is 1. The first-order valence-corrected chi connectivity index (χ1v) is 10.5. The number of aromatic nitrogens is 2. The van der Waals surface area contributed by atoms with E-state index in [2.05, 4.69) is 22.1 Å². The Kier molecular flexibility index (Phi) is 6.44. The lowest BCUT2D eigenvalue weighted by atomic mass is 10.1. The van der Waals surface area contributed by atoms with E-state index in [-0.39, 0.29) is 12.0 Å². The molecule has 3 aromatic rings. The van der Waals surface area contributed by atoms with Crippen LogP contribution in [-0.2, 0) is 11.3 Å². The van der Waals surface area contributed by atoms with Gasteiger partial charge >= 0.3 is 0 Å². The summed E-state index contributed by atoms with van der Waals surface area (Å²) in [5.41, 5.74) is 2.04. The van der Waals surface area contributed by atoms with E-state index in [1.165, 1.54) is 7.11 Å². The molecule has 4 rings (SSSR count). The number of anilines is 1. The summed E-state index contributed by atoms with van der Waals surface area (Å²) in [5, 5.41) is 3.39. The van der Waals surface area contributed by atoms with Crippen LogP contribution in [0.4, 0.5) is 5.82 Å². The number of pyridine rings is 1. The lowest BCUT2D eigenvalue weighted by molar-refractivity contribution is 0.0529. The Bertz CT molecular complexity index is 1040. The normalized spacial score (nSPS) is 16.2. The summed E-state index contributed by atoms with van der Waals surface area (Å²) in [6, 6.07) is 11.2. The smallest absolute Gasteiger partial charge is 0.255 e. The van der Waals surface area contributed by atoms with Crippen molar-refractivity contribution in [2.24, 2.45) is 0 Å². The van der Waals surface area contributed by atoms with Gasteiger partial charge in [0.2, 0.25) is 0 Å². The molecular formula is C23H25ClN4O3. The number of nitrogens with zero attached hydrogens (tertiary/aromatic N) is 3. The molecule has 0 bridgehead atoms. The molecule has 1 fully saturated rings. The second-order valence-corrected chi connectivity index (χ2v) is 7.84. The zero-order valence-electron chi connectivity index (χ0n) is 17.5. The second kappa shape index (κ2) is 9.41. The zero-order chi connectivity index (χ0) is 21.8. The number of carbonyl (C=O) groups is 1. The van der Waals surface area contributed by atoms with Crippen molar-refractivity contribution in [1.82, 2.24) is 14.9 Å². The van der Waals surface area contributed by atoms with E-state index < -0.39 is 0 Å². The third-order valence-corrected chi connectivity index (χ3v) is 5.53. The van der Waals surface area contributed by atoms with Gasteiger partial charge in [0.1, 0.15) is 11.6 Å². The van der Waals surface area contributed by atoms with Gasteiger partial charge in [0.05, 0.1) is 36.1 Å². The highest BCUT2D eigenvalue weighted by Gasteiger charge is 2.19. The van der Waals surface area contributed by atoms with Gasteiger partial charge in [-0.1, -0.05) is 17.7 Å². The predicted molar refractivity (Wildman–Crippen MR) is 120 cm³/mol. The molecule has 1 amide bonds. The number of amides is 1. The van der Waals surface area contributed by atoms with Gasteiger partial charge in [-0.05, 0) is 36.8 Å². The number of halogens is 1. The lowest BCUT2D eigenvalue weighted by Crippen LogP contribution is -2.41. The van der Waals surface area contributed by atoms with Crippen LogP contribution in [0.2, 0.25) is 5.02 Å². The first kappa shape index (κ1) is 21.2. The quantitative estimate of drug-likeness (QED) is 0.633. The monoisotopic (exact) mass is 440 g/mol. The first-order chi connectivity index (χ1) is 15.0. The number of hydrogen-bond acceptors (Lipinski definition) is 5. The van der Waals surface area contributed by atoms with Crippen LogP contribution in [0.5, 0.6) is 5.75 Å². The summed E-state index contributed by atoms with van der Waals surface area (Å²) >= 11 is 6.43. The van der Waals surface area contributed by atoms with E-state index in [0.717, 1.165) is 30.2 Å². The van der Waals surface area contributed by atoms with Crippen LogP contribution >= 0.6 is 11.6 Å². The highest BCUT2D eigenvalue weighted by molar-refractivity contribution is 6.33. The third kappa shape index (κ3) is 4.84. The Labute approximate surface area is 186 Å². The van der Waals surface area contributed by atoms with E-state index in [1.54, 1.807) is 18.3 Å². The van der Waals surface area contributed by atoms with Crippen molar-refractivity contribution in [1.29, 1.82) is 0 Å². The van der Waals surface area contributed by atoms with E-state index in [4.69, 9.17) is 21.1 Å². The molecule has 2 aromatic heterocycles. The van der Waals surface area contributed by atoms with Gasteiger partial charge in [0, 0.05) is 44.3 Å². The van der Waals surface area contributed by atoms with Crippen LogP contribution in [0, 0.1) is 0 Å². The SMILES string of the molecule is COc1cc(-n2cccc2)c(Cl)cc1C(=O)NCc1ccc(N2CCOC(C)C2)nc1. The molecule has 0 saturated carbocycles. The fourth-order valence-electron chi connectivity index (χ4n) is 3.59. The largest absolute Gasteiger partial charge is 0.496 e. The molecule has 31 heavy (non-hydrogen) atoms. The lowest BCUT2D eigenvalue weighted by Gasteiger charge is -2.32. The summed E-state index contributed by atoms with van der Waals surface area (Å²) < 4.78 is 12.9. The predicted octanol–water partition coefficient (Wildman–Crippen LogP) is 3.69. The fourth-order valence-corrected chi connectivity index (χ4v) is 3.86. The Morgan fingerprint density at radius 1 is 1.32 bits per heavy atom. The molecule has 1 atom stereocenters. The number of benzene rings is 1. The van der Waals surface area contributed by atoms with Crippen molar-refractivity contribution >= 4 is 23.3 Å². The average Bonchev–Trinajstić information content (AvgIpc) is 3.32. The van der Waals surface area contributed by atoms with Crippen molar-refractivity contribution in [3.05, 3.63) is 71.1 Å². The number of ether oxygens (including phenoxy) is 2. The van der Waals surface area contributed by atoms with Crippen molar-refractivity contribution in [3.63, 3.8) is 0 Å². The molecule has 7 nitrogen and oxygen atoms in total. The molecular weight excluding hydrogens is 416 g/mol. The van der Waals surface area contributed by atoms with E-state index in [9.17, 15) is 4.79 Å². The second-order valence-electron chi connectivity index (χ2n) is 7.43. The van der Waals surface area contributed by atoms with Crippen LogP contribution in [0.1, 0.15) is 22.8 Å². The number of methoxy groups -OCH3 is 1. The number of rotatable bonds is 6. The van der Waals surface area contributed by atoms with Crippen LogP contribution in [0.3, 0.4) is 0 Å². The fraction of sp³-hybridized carbons (Fsp3) is 0.304. The molecule has 1 aromatic carbocycles. The van der Waals surface area contributed by atoms with Gasteiger partial charge in [0.25, 0.3) is 5.91 Å². The summed E-state index contributed by atoms with van der Waals surface area (Å²) in [6.45, 7) is 4.76. The minimum Gasteiger partial charge on any atom is -0.496 e. The van der Waals surface area contributed by atoms with Crippen molar-refractivity contribution in [2.75, 3.05) is 31.7 Å². The topological polar surface area (TPSA) is 68.6 Å². The number of morpholine rings is 1. The van der Waals surface area contributed by atoms with Crippen molar-refractivity contribution < 1.29 is 14.3 Å². The van der Waals surface area contributed by atoms with Crippen LogP contribution in [0.25, 0.3) is 5.69 Å². The Balaban J connectivity index is 1.43. The maximum Gasteiger partial charge on any atom is 0.255 e. The van der Waals surface area contributed by atoms with Crippen LogP contribution in [-0.4, -0.2) is 48.4 Å². The molecule has 3 heterocycles. The summed E-state index contributed by atoms with van der Waals surface area (Å²) in [7, 11) is 1.54. The summed E-state index contributed by atoms with van der Waals surface area (Å²) in [6.07, 6.45) is 5.75. The van der Waals surface area contributed by atoms with Gasteiger partial charge in [-0.15, -0.1) is 0 Å². The average molecular weight is 441 g/mol. The van der Waals surface area contributed by atoms with Gasteiger partial charge in [-0.2, -0.15) is 0 Å². The Morgan fingerprint density at radius 2 is 2.13 bits per heavy atom. The maximum atomic E-state index is 12.8. The minimum atomic E-state index is -0.260. The van der Waals surface area contributed by atoms with Gasteiger partial charge in [-0.3, -0.25) is 4.79 Å². The molecule has 0 spiro atoms. The first-order valence-electron chi connectivity index (χ1n) is 10.2. The standard InChI is InChI=1S/C23H25ClN4O3/c1-16-15-28(9-10-31-16)22-6-5-17(13-25-22)14-26-23(29)18-11-19(24)20(12-21(18)30-2)27-7-3-4-8-27/h3-8,11-13,16H,9-10,14-15H2,1-2H3,(H,26,29). The Morgan fingerprint density at radius 3 is 2.81 bits per heavy atom. The number of carbonyl (C=O) groups excluding carboxylic acids is 1. The van der Waals surface area contributed by atoms with Crippen molar-refractivity contribution in [2.45, 2.75) is 19.6 Å². The van der Waals surface area contributed by atoms with Crippen LogP contribution < -0.4 is 15.0 Å². The van der Waals surface area contributed by atoms with Gasteiger partial charge in [-0.25, -0.2) is 4.98 Å².